The van der Waals surface area contributed by atoms with E-state index in [1.807, 2.05) is 0 Å². The van der Waals surface area contributed by atoms with E-state index < -0.39 is 46.4 Å². The molecule has 0 spiro atoms. The molecule has 0 amide bonds. The van der Waals surface area contributed by atoms with Gasteiger partial charge < -0.3 is 30.0 Å². The average Bonchev–Trinajstić information content (AvgIpc) is 3.59. The number of aliphatic hydroxyl groups is 2. The minimum absolute atomic E-state index is 0.912. The maximum atomic E-state index is 9.24. The first-order valence-electron chi connectivity index (χ1n) is 11.6. The molecule has 8 nitrogen and oxygen atoms in total. The zero-order valence-electron chi connectivity index (χ0n) is 21.6. The summed E-state index contributed by atoms with van der Waals surface area (Å²) in [5.74, 6) is -3.31. The number of hydrogen-bond acceptors (Lipinski definition) is 8. The van der Waals surface area contributed by atoms with Gasteiger partial charge in [-0.15, -0.1) is 0 Å². The fourth-order valence-corrected chi connectivity index (χ4v) is 9.00. The number of aliphatic hydroxyl groups excluding tert-OH is 2. The summed E-state index contributed by atoms with van der Waals surface area (Å²) in [6.45, 7) is 5.30. The summed E-state index contributed by atoms with van der Waals surface area (Å²) >= 11 is -1.07. The third-order valence-electron chi connectivity index (χ3n) is 5.44. The van der Waals surface area contributed by atoms with Crippen molar-refractivity contribution in [1.29, 1.82) is 0 Å². The number of aliphatic carboxylic acids is 2. The van der Waals surface area contributed by atoms with E-state index >= 15 is 0 Å². The molecule has 0 aromatic heterocycles. The maximum absolute atomic E-state index is 9.24. The van der Waals surface area contributed by atoms with Crippen LogP contribution >= 0.6 is 0 Å². The Labute approximate surface area is 238 Å². The minimum atomic E-state index is -1.63. The van der Waals surface area contributed by atoms with Crippen molar-refractivity contribution < 1.29 is 62.4 Å². The fraction of sp³-hybridized carbons (Fsp3) is 0.133. The molecule has 39 heavy (non-hydrogen) atoms. The van der Waals surface area contributed by atoms with Crippen molar-refractivity contribution in [2.24, 2.45) is 0 Å². The Hall–Kier alpha value is -4.11. The summed E-state index contributed by atoms with van der Waals surface area (Å²) in [5.41, 5.74) is 5.50. The van der Waals surface area contributed by atoms with E-state index in [0.29, 0.717) is 0 Å². The van der Waals surface area contributed by atoms with E-state index in [-0.39, 0.29) is 0 Å². The molecular formula is C30H28HfO8. The Balaban J connectivity index is 0.000000374. The van der Waals surface area contributed by atoms with Gasteiger partial charge in [0.1, 0.15) is 23.5 Å². The molecule has 2 aliphatic rings. The molecule has 2 aromatic carbocycles. The molecule has 0 unspecified atom stereocenters. The second-order valence-electron chi connectivity index (χ2n) is 8.05. The van der Waals surface area contributed by atoms with Gasteiger partial charge in [-0.05, 0) is 0 Å². The van der Waals surface area contributed by atoms with E-state index in [4.69, 9.17) is 19.7 Å². The van der Waals surface area contributed by atoms with Gasteiger partial charge >= 0.3 is 173 Å². The molecule has 9 heteroatoms. The molecular weight excluding hydrogens is 667 g/mol. The zero-order valence-corrected chi connectivity index (χ0v) is 25.2. The molecule has 0 fully saturated rings. The van der Waals surface area contributed by atoms with E-state index in [1.54, 1.807) is 20.9 Å². The molecule has 0 saturated carbocycles. The van der Waals surface area contributed by atoms with Gasteiger partial charge in [-0.3, -0.25) is 0 Å². The van der Waals surface area contributed by atoms with Gasteiger partial charge in [0.25, 0.3) is 0 Å². The number of hydrogen-bond donors (Lipinski definition) is 2. The van der Waals surface area contributed by atoms with Crippen LogP contribution in [0.25, 0.3) is 11.1 Å². The Bertz CT molecular complexity index is 1200. The van der Waals surface area contributed by atoms with Crippen LogP contribution in [-0.2, 0) is 32.5 Å². The van der Waals surface area contributed by atoms with Crippen molar-refractivity contribution in [2.45, 2.75) is 12.8 Å². The summed E-state index contributed by atoms with van der Waals surface area (Å²) in [6.07, 6.45) is 11.5. The van der Waals surface area contributed by atoms with Gasteiger partial charge in [-0.25, -0.2) is 0 Å². The van der Waals surface area contributed by atoms with Crippen LogP contribution in [-0.4, -0.2) is 36.4 Å². The Kier molecular flexibility index (Phi) is 12.2. The van der Waals surface area contributed by atoms with E-state index in [0.717, 1.165) is 24.3 Å². The van der Waals surface area contributed by atoms with E-state index in [9.17, 15) is 19.8 Å². The van der Waals surface area contributed by atoms with Crippen molar-refractivity contribution in [3.8, 4) is 11.5 Å². The summed E-state index contributed by atoms with van der Waals surface area (Å²) in [5, 5.41) is 34.0. The summed E-state index contributed by atoms with van der Waals surface area (Å²) in [4.78, 5) is 18.5. The molecule has 2 N–H and O–H groups in total. The second-order valence-corrected chi connectivity index (χ2v) is 13.3. The number of ether oxygens (including phenoxy) is 2. The van der Waals surface area contributed by atoms with Crippen LogP contribution in [0.5, 0.6) is 11.5 Å². The number of carbonyl (C=O) groups excluding carboxylic acids is 2. The number of carbonyl (C=O) groups is 2. The fourth-order valence-electron chi connectivity index (χ4n) is 3.51. The number of allylic oxidation sites excluding steroid dienone is 8. The van der Waals surface area contributed by atoms with Gasteiger partial charge in [-0.1, -0.05) is 13.2 Å². The Morgan fingerprint density at radius 1 is 0.718 bits per heavy atom. The van der Waals surface area contributed by atoms with Gasteiger partial charge in [0.15, 0.2) is 0 Å². The number of benzene rings is 2. The summed E-state index contributed by atoms with van der Waals surface area (Å²) in [7, 11) is 3.43. The zero-order chi connectivity index (χ0) is 28.9. The van der Waals surface area contributed by atoms with Crippen LogP contribution in [0.4, 0.5) is 0 Å². The van der Waals surface area contributed by atoms with Crippen molar-refractivity contribution >= 4 is 23.1 Å². The van der Waals surface area contributed by atoms with E-state index in [2.05, 4.69) is 86.0 Å². The summed E-state index contributed by atoms with van der Waals surface area (Å²) in [6, 6.07) is 16.9. The van der Waals surface area contributed by atoms with Crippen molar-refractivity contribution in [3.05, 3.63) is 115 Å². The number of carboxylic acids is 2. The normalized spacial score (nSPS) is 13.0. The molecule has 4 rings (SSSR count). The van der Waals surface area contributed by atoms with Crippen LogP contribution in [0.2, 0.25) is 0 Å². The van der Waals surface area contributed by atoms with Crippen LogP contribution in [0.1, 0.15) is 24.0 Å². The monoisotopic (exact) mass is 696 g/mol. The number of methoxy groups -OCH3 is 2. The molecule has 200 valence electrons. The first-order chi connectivity index (χ1) is 18.6. The second kappa shape index (κ2) is 15.3. The Morgan fingerprint density at radius 3 is 1.28 bits per heavy atom. The standard InChI is InChI=1S/2C12H11O.2C3H4O3.Hf/c2*1-13-12-8-6-11(7-9-12)10-4-2-3-5-10;2*1-2(4)3(5)6;/h2*2,4,6-9H,3H2,1H3;2*4H,1H2,(H,5,6);/q;;;;+2/p-2. The third-order valence-corrected chi connectivity index (χ3v) is 11.0. The predicted octanol–water partition coefficient (Wildman–Crippen LogP) is 3.44. The molecule has 2 aliphatic carbocycles. The topological polar surface area (TPSA) is 139 Å². The molecule has 0 aliphatic heterocycles. The molecule has 2 aromatic rings. The van der Waals surface area contributed by atoms with Crippen LogP contribution in [0, 0.1) is 0 Å². The molecule has 0 bridgehead atoms. The number of carboxylic acid groups (broad SMARTS) is 2. The SMILES string of the molecule is C=C(O)C(=O)[O-].C=C(O)C(=O)[O-].COc1ccc(C2=[C]([Hf+2][C]3=C(c4ccc(OC)cc4)C=CC3)CC=C2)cc1. The molecule has 0 saturated heterocycles. The summed E-state index contributed by atoms with van der Waals surface area (Å²) < 4.78 is 14.0. The van der Waals surface area contributed by atoms with Crippen molar-refractivity contribution in [2.75, 3.05) is 14.2 Å². The Morgan fingerprint density at radius 2 is 1.03 bits per heavy atom. The van der Waals surface area contributed by atoms with Crippen molar-refractivity contribution in [3.63, 3.8) is 0 Å². The van der Waals surface area contributed by atoms with Crippen LogP contribution < -0.4 is 19.7 Å². The van der Waals surface area contributed by atoms with Gasteiger partial charge in [0, 0.05) is 0 Å². The molecule has 0 heterocycles. The van der Waals surface area contributed by atoms with Crippen LogP contribution in [0.3, 0.4) is 0 Å². The number of rotatable bonds is 8. The third kappa shape index (κ3) is 9.61. The predicted molar refractivity (Wildman–Crippen MR) is 141 cm³/mol. The first-order valence-corrected chi connectivity index (χ1v) is 15.2. The molecule has 0 atom stereocenters. The van der Waals surface area contributed by atoms with E-state index in [1.165, 1.54) is 22.3 Å². The average molecular weight is 695 g/mol. The van der Waals surface area contributed by atoms with Gasteiger partial charge in [-0.2, -0.15) is 0 Å². The van der Waals surface area contributed by atoms with Gasteiger partial charge in [0.05, 0.1) is 0 Å². The van der Waals surface area contributed by atoms with Crippen LogP contribution in [0.15, 0.2) is 104 Å². The quantitative estimate of drug-likeness (QED) is 0.244. The first kappa shape index (κ1) is 31.1. The molecule has 0 radical (unpaired) electrons. The van der Waals surface area contributed by atoms with Crippen molar-refractivity contribution in [1.82, 2.24) is 0 Å². The van der Waals surface area contributed by atoms with Gasteiger partial charge in [0.2, 0.25) is 0 Å².